The van der Waals surface area contributed by atoms with Crippen LogP contribution in [0.1, 0.15) is 21.6 Å². The molecule has 0 bridgehead atoms. The molecule has 3 rings (SSSR count). The minimum absolute atomic E-state index is 0.0412. The van der Waals surface area contributed by atoms with Gasteiger partial charge in [-0.2, -0.15) is 5.10 Å². The fraction of sp³-hybridized carbons (Fsp3) is 0.286. The van der Waals surface area contributed by atoms with E-state index < -0.39 is 0 Å². The maximum Gasteiger partial charge on any atom is 0.0897 e. The largest absolute Gasteiger partial charge is 0.271 e. The van der Waals surface area contributed by atoms with Crippen molar-refractivity contribution in [3.8, 4) is 0 Å². The molecular weight excluding hydrogens is 270 g/mol. The Morgan fingerprint density at radius 1 is 1.40 bits per heavy atom. The lowest BCUT2D eigenvalue weighted by molar-refractivity contribution is 0.550. The topological polar surface area (TPSA) is 68.8 Å². The summed E-state index contributed by atoms with van der Waals surface area (Å²) in [6.07, 6.45) is 2.63. The second-order valence-corrected chi connectivity index (χ2v) is 6.06. The van der Waals surface area contributed by atoms with Gasteiger partial charge in [-0.25, -0.2) is 4.98 Å². The van der Waals surface area contributed by atoms with Crippen molar-refractivity contribution >= 4 is 22.2 Å². The highest BCUT2D eigenvalue weighted by atomic mass is 32.1. The lowest BCUT2D eigenvalue weighted by Crippen LogP contribution is -2.29. The molecule has 0 spiro atoms. The molecule has 1 atom stereocenters. The summed E-state index contributed by atoms with van der Waals surface area (Å²) in [5.74, 6) is 5.71. The van der Waals surface area contributed by atoms with E-state index in [0.29, 0.717) is 0 Å². The van der Waals surface area contributed by atoms with Gasteiger partial charge in [0.2, 0.25) is 0 Å². The van der Waals surface area contributed by atoms with Crippen molar-refractivity contribution in [1.29, 1.82) is 0 Å². The van der Waals surface area contributed by atoms with Gasteiger partial charge in [0.05, 0.1) is 22.3 Å². The normalized spacial score (nSPS) is 12.9. The second-order valence-electron chi connectivity index (χ2n) is 4.79. The van der Waals surface area contributed by atoms with Crippen LogP contribution in [0.4, 0.5) is 0 Å². The number of para-hydroxylation sites is 1. The van der Waals surface area contributed by atoms with E-state index in [0.717, 1.165) is 27.5 Å². The zero-order valence-electron chi connectivity index (χ0n) is 11.5. The SMILES string of the molecule is Cc1ncc(C(Cc2nn(C)c3ccccc23)NN)s1. The monoisotopic (exact) mass is 287 g/mol. The first-order chi connectivity index (χ1) is 9.69. The van der Waals surface area contributed by atoms with Crippen molar-refractivity contribution in [3.63, 3.8) is 0 Å². The average Bonchev–Trinajstić information content (AvgIpc) is 3.01. The minimum Gasteiger partial charge on any atom is -0.271 e. The Kier molecular flexibility index (Phi) is 3.52. The zero-order valence-corrected chi connectivity index (χ0v) is 12.3. The van der Waals surface area contributed by atoms with Crippen LogP contribution in [0, 0.1) is 6.92 Å². The summed E-state index contributed by atoms with van der Waals surface area (Å²) in [4.78, 5) is 5.43. The predicted octanol–water partition coefficient (Wildman–Crippen LogP) is 2.09. The summed E-state index contributed by atoms with van der Waals surface area (Å²) >= 11 is 1.66. The molecule has 0 aliphatic heterocycles. The van der Waals surface area contributed by atoms with E-state index in [9.17, 15) is 0 Å². The van der Waals surface area contributed by atoms with Crippen LogP contribution in [-0.4, -0.2) is 14.8 Å². The van der Waals surface area contributed by atoms with Crippen LogP contribution in [0.15, 0.2) is 30.5 Å². The summed E-state index contributed by atoms with van der Waals surface area (Å²) in [7, 11) is 1.97. The molecule has 104 valence electrons. The van der Waals surface area contributed by atoms with Gasteiger partial charge in [0.25, 0.3) is 0 Å². The maximum absolute atomic E-state index is 5.71. The quantitative estimate of drug-likeness (QED) is 0.569. The lowest BCUT2D eigenvalue weighted by atomic mass is 10.1. The van der Waals surface area contributed by atoms with Crippen molar-refractivity contribution in [2.24, 2.45) is 12.9 Å². The van der Waals surface area contributed by atoms with Crippen molar-refractivity contribution in [2.75, 3.05) is 0 Å². The number of benzene rings is 1. The number of nitrogens with zero attached hydrogens (tertiary/aromatic N) is 3. The number of thiazole rings is 1. The summed E-state index contributed by atoms with van der Waals surface area (Å²) in [6.45, 7) is 2.00. The van der Waals surface area contributed by atoms with E-state index in [1.54, 1.807) is 11.3 Å². The molecule has 0 aliphatic carbocycles. The molecule has 6 heteroatoms. The predicted molar refractivity (Wildman–Crippen MR) is 81.3 cm³/mol. The Morgan fingerprint density at radius 3 is 2.90 bits per heavy atom. The number of nitrogens with two attached hydrogens (primary N) is 1. The molecule has 5 nitrogen and oxygen atoms in total. The Labute approximate surface area is 121 Å². The van der Waals surface area contributed by atoms with Crippen LogP contribution in [0.5, 0.6) is 0 Å². The van der Waals surface area contributed by atoms with Crippen molar-refractivity contribution in [1.82, 2.24) is 20.2 Å². The van der Waals surface area contributed by atoms with E-state index in [4.69, 9.17) is 5.84 Å². The van der Waals surface area contributed by atoms with Crippen LogP contribution in [0.2, 0.25) is 0 Å². The van der Waals surface area contributed by atoms with Gasteiger partial charge >= 0.3 is 0 Å². The van der Waals surface area contributed by atoms with Crippen LogP contribution in [0.3, 0.4) is 0 Å². The van der Waals surface area contributed by atoms with Gasteiger partial charge in [-0.15, -0.1) is 11.3 Å². The van der Waals surface area contributed by atoms with E-state index in [2.05, 4.69) is 27.6 Å². The minimum atomic E-state index is 0.0412. The molecule has 0 saturated heterocycles. The number of aryl methyl sites for hydroxylation is 2. The third-order valence-corrected chi connectivity index (χ3v) is 4.44. The molecule has 0 fully saturated rings. The highest BCUT2D eigenvalue weighted by molar-refractivity contribution is 7.11. The number of rotatable bonds is 4. The molecule has 3 aromatic rings. The Hall–Kier alpha value is -1.76. The molecule has 1 aromatic carbocycles. The number of hydrogen-bond acceptors (Lipinski definition) is 5. The highest BCUT2D eigenvalue weighted by Gasteiger charge is 2.17. The van der Waals surface area contributed by atoms with Crippen molar-refractivity contribution in [3.05, 3.63) is 46.0 Å². The molecule has 0 aliphatic rings. The van der Waals surface area contributed by atoms with E-state index in [1.165, 1.54) is 5.39 Å². The van der Waals surface area contributed by atoms with Gasteiger partial charge in [0, 0.05) is 29.9 Å². The first kappa shape index (κ1) is 13.2. The molecule has 0 amide bonds. The number of nitrogens with one attached hydrogen (secondary N) is 1. The van der Waals surface area contributed by atoms with E-state index >= 15 is 0 Å². The first-order valence-corrected chi connectivity index (χ1v) is 7.29. The fourth-order valence-electron chi connectivity index (χ4n) is 2.41. The van der Waals surface area contributed by atoms with Crippen molar-refractivity contribution < 1.29 is 0 Å². The summed E-state index contributed by atoms with van der Waals surface area (Å²) in [5, 5.41) is 6.84. The number of hydrogen-bond donors (Lipinski definition) is 2. The molecule has 0 radical (unpaired) electrons. The molecule has 3 N–H and O–H groups in total. The Morgan fingerprint density at radius 2 is 2.20 bits per heavy atom. The number of hydrazine groups is 1. The smallest absolute Gasteiger partial charge is 0.0897 e. The maximum atomic E-state index is 5.71. The number of aromatic nitrogens is 3. The second kappa shape index (κ2) is 5.32. The molecule has 0 saturated carbocycles. The third-order valence-electron chi connectivity index (χ3n) is 3.42. The van der Waals surface area contributed by atoms with Gasteiger partial charge in [-0.05, 0) is 13.0 Å². The lowest BCUT2D eigenvalue weighted by Gasteiger charge is -2.12. The summed E-state index contributed by atoms with van der Waals surface area (Å²) in [6, 6.07) is 8.28. The third kappa shape index (κ3) is 2.33. The van der Waals surface area contributed by atoms with Gasteiger partial charge in [0.15, 0.2) is 0 Å². The van der Waals surface area contributed by atoms with Crippen LogP contribution in [0.25, 0.3) is 10.9 Å². The van der Waals surface area contributed by atoms with Gasteiger partial charge in [-0.3, -0.25) is 16.0 Å². The highest BCUT2D eigenvalue weighted by Crippen LogP contribution is 2.26. The summed E-state index contributed by atoms with van der Waals surface area (Å²) < 4.78 is 1.91. The Bertz CT molecular complexity index is 730. The van der Waals surface area contributed by atoms with Gasteiger partial charge < -0.3 is 0 Å². The van der Waals surface area contributed by atoms with Gasteiger partial charge in [-0.1, -0.05) is 18.2 Å². The number of fused-ring (bicyclic) bond motifs is 1. The van der Waals surface area contributed by atoms with Gasteiger partial charge in [0.1, 0.15) is 0 Å². The molecular formula is C14H17N5S. The molecule has 2 heterocycles. The Balaban J connectivity index is 1.95. The van der Waals surface area contributed by atoms with Crippen LogP contribution >= 0.6 is 11.3 Å². The average molecular weight is 287 g/mol. The molecule has 20 heavy (non-hydrogen) atoms. The summed E-state index contributed by atoms with van der Waals surface area (Å²) in [5.41, 5.74) is 5.07. The fourth-order valence-corrected chi connectivity index (χ4v) is 3.26. The first-order valence-electron chi connectivity index (χ1n) is 6.48. The van der Waals surface area contributed by atoms with Crippen LogP contribution < -0.4 is 11.3 Å². The zero-order chi connectivity index (χ0) is 14.1. The molecule has 2 aromatic heterocycles. The molecule has 1 unspecified atom stereocenters. The van der Waals surface area contributed by atoms with Crippen LogP contribution in [-0.2, 0) is 13.5 Å². The van der Waals surface area contributed by atoms with E-state index in [1.807, 2.05) is 37.0 Å². The standard InChI is InChI=1S/C14H17N5S/c1-9-16-8-14(20-9)12(17-15)7-11-10-5-3-4-6-13(10)19(2)18-11/h3-6,8,12,17H,7,15H2,1-2H3. The van der Waals surface area contributed by atoms with E-state index in [-0.39, 0.29) is 6.04 Å². The van der Waals surface area contributed by atoms with Crippen molar-refractivity contribution in [2.45, 2.75) is 19.4 Å².